The lowest BCUT2D eigenvalue weighted by atomic mass is 9.98. The molecule has 1 amide bonds. The molecule has 0 saturated carbocycles. The van der Waals surface area contributed by atoms with Gasteiger partial charge in [-0.3, -0.25) is 9.69 Å². The van der Waals surface area contributed by atoms with Crippen molar-refractivity contribution in [3.8, 4) is 0 Å². The van der Waals surface area contributed by atoms with E-state index in [-0.39, 0.29) is 5.91 Å². The Labute approximate surface area is 137 Å². The maximum absolute atomic E-state index is 12.2. The summed E-state index contributed by atoms with van der Waals surface area (Å²) in [7, 11) is 0. The van der Waals surface area contributed by atoms with Crippen LogP contribution in [0, 0.1) is 18.8 Å². The summed E-state index contributed by atoms with van der Waals surface area (Å²) in [6.07, 6.45) is 1.81. The van der Waals surface area contributed by atoms with Gasteiger partial charge in [0.2, 0.25) is 0 Å². The molecule has 2 heterocycles. The molecule has 4 heteroatoms. The van der Waals surface area contributed by atoms with Crippen molar-refractivity contribution < 1.29 is 4.79 Å². The van der Waals surface area contributed by atoms with Crippen LogP contribution in [0.1, 0.15) is 28.5 Å². The zero-order chi connectivity index (χ0) is 16.2. The Morgan fingerprint density at radius 1 is 1.26 bits per heavy atom. The molecule has 1 aliphatic heterocycles. The van der Waals surface area contributed by atoms with E-state index in [0.717, 1.165) is 37.4 Å². The van der Waals surface area contributed by atoms with Crippen molar-refractivity contribution in [2.75, 3.05) is 19.6 Å². The molecule has 2 aromatic rings. The minimum Gasteiger partial charge on any atom is -0.365 e. The summed E-state index contributed by atoms with van der Waals surface area (Å²) in [6, 6.07) is 12.4. The number of carbonyl (C=O) groups is 1. The lowest BCUT2D eigenvalue weighted by Crippen LogP contribution is -2.32. The van der Waals surface area contributed by atoms with Crippen molar-refractivity contribution in [3.05, 3.63) is 59.4 Å². The lowest BCUT2D eigenvalue weighted by molar-refractivity contribution is 0.0945. The van der Waals surface area contributed by atoms with E-state index in [4.69, 9.17) is 0 Å². The maximum Gasteiger partial charge on any atom is 0.253 e. The molecule has 4 nitrogen and oxygen atoms in total. The standard InChI is InChI=1S/C19H25N3O/c1-14-11-22(12-16-6-4-3-5-7-16)13-17(14)10-21-19(23)18-8-9-20-15(18)2/h3-9,14,17,20H,10-13H2,1-2H3,(H,21,23). The summed E-state index contributed by atoms with van der Waals surface area (Å²) < 4.78 is 0. The average molecular weight is 311 g/mol. The van der Waals surface area contributed by atoms with Gasteiger partial charge in [-0.25, -0.2) is 0 Å². The molecule has 122 valence electrons. The predicted octanol–water partition coefficient (Wildman–Crippen LogP) is 2.82. The van der Waals surface area contributed by atoms with Crippen LogP contribution in [0.2, 0.25) is 0 Å². The van der Waals surface area contributed by atoms with Crippen LogP contribution in [0.4, 0.5) is 0 Å². The number of hydrogen-bond donors (Lipinski definition) is 2. The monoisotopic (exact) mass is 311 g/mol. The van der Waals surface area contributed by atoms with Crippen LogP contribution < -0.4 is 5.32 Å². The van der Waals surface area contributed by atoms with Gasteiger partial charge in [0.1, 0.15) is 0 Å². The van der Waals surface area contributed by atoms with Gasteiger partial charge in [0.25, 0.3) is 5.91 Å². The van der Waals surface area contributed by atoms with E-state index >= 15 is 0 Å². The summed E-state index contributed by atoms with van der Waals surface area (Å²) >= 11 is 0. The van der Waals surface area contributed by atoms with Gasteiger partial charge in [-0.1, -0.05) is 37.3 Å². The Balaban J connectivity index is 1.51. The van der Waals surface area contributed by atoms with E-state index in [1.165, 1.54) is 5.56 Å². The first-order valence-electron chi connectivity index (χ1n) is 8.32. The third-order valence-electron chi connectivity index (χ3n) is 4.82. The van der Waals surface area contributed by atoms with E-state index < -0.39 is 0 Å². The number of hydrogen-bond acceptors (Lipinski definition) is 2. The van der Waals surface area contributed by atoms with E-state index in [0.29, 0.717) is 11.8 Å². The van der Waals surface area contributed by atoms with E-state index in [2.05, 4.69) is 52.5 Å². The molecule has 0 aliphatic carbocycles. The van der Waals surface area contributed by atoms with Gasteiger partial charge >= 0.3 is 0 Å². The molecule has 2 unspecified atom stereocenters. The molecule has 1 fully saturated rings. The zero-order valence-electron chi connectivity index (χ0n) is 13.9. The number of rotatable bonds is 5. The minimum absolute atomic E-state index is 0.0254. The molecular formula is C19H25N3O. The number of nitrogens with one attached hydrogen (secondary N) is 2. The summed E-state index contributed by atoms with van der Waals surface area (Å²) in [4.78, 5) is 17.8. The third-order valence-corrected chi connectivity index (χ3v) is 4.82. The zero-order valence-corrected chi connectivity index (χ0v) is 13.9. The highest BCUT2D eigenvalue weighted by molar-refractivity contribution is 5.95. The Morgan fingerprint density at radius 3 is 2.74 bits per heavy atom. The van der Waals surface area contributed by atoms with Gasteiger partial charge in [0.15, 0.2) is 0 Å². The van der Waals surface area contributed by atoms with E-state index in [9.17, 15) is 4.79 Å². The van der Waals surface area contributed by atoms with Gasteiger partial charge < -0.3 is 10.3 Å². The molecule has 0 spiro atoms. The molecule has 0 bridgehead atoms. The largest absolute Gasteiger partial charge is 0.365 e. The van der Waals surface area contributed by atoms with Crippen LogP contribution in [-0.2, 0) is 6.54 Å². The number of H-pyrrole nitrogens is 1. The second-order valence-electron chi connectivity index (χ2n) is 6.64. The first kappa shape index (κ1) is 15.8. The number of benzene rings is 1. The fraction of sp³-hybridized carbons (Fsp3) is 0.421. The summed E-state index contributed by atoms with van der Waals surface area (Å²) in [5.74, 6) is 1.14. The predicted molar refractivity (Wildman–Crippen MR) is 92.2 cm³/mol. The topological polar surface area (TPSA) is 48.1 Å². The van der Waals surface area contributed by atoms with Crippen LogP contribution in [-0.4, -0.2) is 35.4 Å². The number of nitrogens with zero attached hydrogens (tertiary/aromatic N) is 1. The quantitative estimate of drug-likeness (QED) is 0.892. The smallest absolute Gasteiger partial charge is 0.253 e. The average Bonchev–Trinajstić information content (AvgIpc) is 3.12. The molecule has 2 atom stereocenters. The Hall–Kier alpha value is -2.07. The summed E-state index contributed by atoms with van der Waals surface area (Å²) in [5.41, 5.74) is 3.02. The third kappa shape index (κ3) is 3.82. The van der Waals surface area contributed by atoms with Crippen molar-refractivity contribution in [2.24, 2.45) is 11.8 Å². The second-order valence-corrected chi connectivity index (χ2v) is 6.64. The van der Waals surface area contributed by atoms with Crippen molar-refractivity contribution in [3.63, 3.8) is 0 Å². The molecule has 1 saturated heterocycles. The molecular weight excluding hydrogens is 286 g/mol. The molecule has 23 heavy (non-hydrogen) atoms. The van der Waals surface area contributed by atoms with E-state index in [1.807, 2.05) is 19.2 Å². The normalized spacial score (nSPS) is 21.5. The summed E-state index contributed by atoms with van der Waals surface area (Å²) in [5, 5.41) is 3.10. The van der Waals surface area contributed by atoms with Crippen LogP contribution in [0.15, 0.2) is 42.6 Å². The number of amides is 1. The number of likely N-dealkylation sites (tertiary alicyclic amines) is 1. The molecule has 1 aromatic carbocycles. The van der Waals surface area contributed by atoms with Crippen LogP contribution in [0.3, 0.4) is 0 Å². The Kier molecular flexibility index (Phi) is 4.82. The Morgan fingerprint density at radius 2 is 2.04 bits per heavy atom. The summed E-state index contributed by atoms with van der Waals surface area (Å²) in [6.45, 7) is 8.08. The van der Waals surface area contributed by atoms with Crippen molar-refractivity contribution in [1.82, 2.24) is 15.2 Å². The first-order valence-corrected chi connectivity index (χ1v) is 8.32. The fourth-order valence-corrected chi connectivity index (χ4v) is 3.40. The van der Waals surface area contributed by atoms with Gasteiger partial charge in [-0.05, 0) is 30.4 Å². The van der Waals surface area contributed by atoms with Crippen molar-refractivity contribution >= 4 is 5.91 Å². The minimum atomic E-state index is 0.0254. The number of aromatic nitrogens is 1. The lowest BCUT2D eigenvalue weighted by Gasteiger charge is -2.16. The van der Waals surface area contributed by atoms with Gasteiger partial charge in [-0.15, -0.1) is 0 Å². The first-order chi connectivity index (χ1) is 11.1. The fourth-order valence-electron chi connectivity index (χ4n) is 3.40. The van der Waals surface area contributed by atoms with Crippen LogP contribution in [0.5, 0.6) is 0 Å². The number of aromatic amines is 1. The van der Waals surface area contributed by atoms with Crippen LogP contribution >= 0.6 is 0 Å². The molecule has 3 rings (SSSR count). The van der Waals surface area contributed by atoms with Gasteiger partial charge in [0.05, 0.1) is 5.56 Å². The Bertz CT molecular complexity index is 650. The SMILES string of the molecule is Cc1[nH]ccc1C(=O)NCC1CN(Cc2ccccc2)CC1C. The highest BCUT2D eigenvalue weighted by Crippen LogP contribution is 2.24. The van der Waals surface area contributed by atoms with Crippen LogP contribution in [0.25, 0.3) is 0 Å². The molecule has 1 aromatic heterocycles. The van der Waals surface area contributed by atoms with E-state index in [1.54, 1.807) is 0 Å². The van der Waals surface area contributed by atoms with Gasteiger partial charge in [-0.2, -0.15) is 0 Å². The molecule has 0 radical (unpaired) electrons. The number of carbonyl (C=O) groups excluding carboxylic acids is 1. The maximum atomic E-state index is 12.2. The molecule has 1 aliphatic rings. The number of aryl methyl sites for hydroxylation is 1. The second kappa shape index (κ2) is 7.01. The van der Waals surface area contributed by atoms with Gasteiger partial charge in [0, 0.05) is 38.1 Å². The van der Waals surface area contributed by atoms with Crippen molar-refractivity contribution in [2.45, 2.75) is 20.4 Å². The highest BCUT2D eigenvalue weighted by Gasteiger charge is 2.29. The molecule has 2 N–H and O–H groups in total. The van der Waals surface area contributed by atoms with Crippen molar-refractivity contribution in [1.29, 1.82) is 0 Å². The highest BCUT2D eigenvalue weighted by atomic mass is 16.1.